The van der Waals surface area contributed by atoms with Crippen LogP contribution < -0.4 is 10.6 Å². The molecular formula is C14H19IN2O3. The monoisotopic (exact) mass is 390 g/mol. The minimum Gasteiger partial charge on any atom is -0.382 e. The van der Waals surface area contributed by atoms with Crippen LogP contribution in [0.4, 0.5) is 5.69 Å². The molecule has 6 heteroatoms. The van der Waals surface area contributed by atoms with E-state index >= 15 is 0 Å². The van der Waals surface area contributed by atoms with Gasteiger partial charge in [0.2, 0.25) is 0 Å². The standard InChI is InChI=1S/C14H19IN2O3/c1-3-20-8-4-7-16-13(18)14(19)17-12-6-5-11(15)9-10(12)2/h5-6,9H,3-4,7-8H2,1-2H3,(H,16,18)(H,17,19). The van der Waals surface area contributed by atoms with Gasteiger partial charge in [-0.25, -0.2) is 0 Å². The summed E-state index contributed by atoms with van der Waals surface area (Å²) in [7, 11) is 0. The predicted molar refractivity (Wildman–Crippen MR) is 86.6 cm³/mol. The van der Waals surface area contributed by atoms with E-state index in [0.29, 0.717) is 31.9 Å². The molecule has 0 spiro atoms. The zero-order valence-corrected chi connectivity index (χ0v) is 13.8. The first-order chi connectivity index (χ1) is 9.54. The van der Waals surface area contributed by atoms with Gasteiger partial charge in [-0.2, -0.15) is 0 Å². The second kappa shape index (κ2) is 8.91. The first-order valence-electron chi connectivity index (χ1n) is 6.47. The molecule has 0 radical (unpaired) electrons. The molecule has 0 aliphatic heterocycles. The number of nitrogens with one attached hydrogen (secondary N) is 2. The molecule has 1 aromatic carbocycles. The zero-order valence-electron chi connectivity index (χ0n) is 11.7. The van der Waals surface area contributed by atoms with Crippen LogP contribution in [0.15, 0.2) is 18.2 Å². The number of carbonyl (C=O) groups excluding carboxylic acids is 2. The Labute approximate surface area is 132 Å². The Kier molecular flexibility index (Phi) is 7.53. The van der Waals surface area contributed by atoms with Crippen molar-refractivity contribution >= 4 is 40.1 Å². The number of hydrogen-bond donors (Lipinski definition) is 2. The molecule has 2 N–H and O–H groups in total. The lowest BCUT2D eigenvalue weighted by molar-refractivity contribution is -0.136. The van der Waals surface area contributed by atoms with Gasteiger partial charge in [-0.3, -0.25) is 9.59 Å². The second-order valence-electron chi connectivity index (χ2n) is 4.22. The molecule has 2 amide bonds. The van der Waals surface area contributed by atoms with Gasteiger partial charge in [-0.1, -0.05) is 0 Å². The van der Waals surface area contributed by atoms with E-state index in [4.69, 9.17) is 4.74 Å². The number of anilines is 1. The Hall–Kier alpha value is -1.15. The quantitative estimate of drug-likeness (QED) is 0.444. The second-order valence-corrected chi connectivity index (χ2v) is 5.47. The molecule has 110 valence electrons. The van der Waals surface area contributed by atoms with Gasteiger partial charge in [-0.15, -0.1) is 0 Å². The fourth-order valence-electron chi connectivity index (χ4n) is 1.55. The van der Waals surface area contributed by atoms with Crippen molar-refractivity contribution in [3.05, 3.63) is 27.3 Å². The van der Waals surface area contributed by atoms with Crippen LogP contribution in [0.1, 0.15) is 18.9 Å². The number of rotatable bonds is 6. The molecule has 1 aromatic rings. The van der Waals surface area contributed by atoms with Crippen molar-refractivity contribution in [1.29, 1.82) is 0 Å². The fourth-order valence-corrected chi connectivity index (χ4v) is 2.19. The van der Waals surface area contributed by atoms with Gasteiger partial charge >= 0.3 is 11.8 Å². The first kappa shape index (κ1) is 16.9. The topological polar surface area (TPSA) is 67.4 Å². The van der Waals surface area contributed by atoms with Crippen molar-refractivity contribution in [3.63, 3.8) is 0 Å². The van der Waals surface area contributed by atoms with E-state index in [1.165, 1.54) is 0 Å². The number of aryl methyl sites for hydroxylation is 1. The summed E-state index contributed by atoms with van der Waals surface area (Å²) in [5, 5.41) is 5.16. The van der Waals surface area contributed by atoms with E-state index in [-0.39, 0.29) is 0 Å². The molecule has 0 unspecified atom stereocenters. The number of benzene rings is 1. The summed E-state index contributed by atoms with van der Waals surface area (Å²) in [6, 6.07) is 5.61. The maximum atomic E-state index is 11.7. The highest BCUT2D eigenvalue weighted by molar-refractivity contribution is 14.1. The van der Waals surface area contributed by atoms with E-state index in [2.05, 4.69) is 33.2 Å². The molecule has 0 aliphatic rings. The summed E-state index contributed by atoms with van der Waals surface area (Å²) < 4.78 is 6.23. The average Bonchev–Trinajstić information content (AvgIpc) is 2.41. The van der Waals surface area contributed by atoms with Gasteiger partial charge in [0, 0.05) is 29.0 Å². The van der Waals surface area contributed by atoms with Crippen LogP contribution in [0, 0.1) is 10.5 Å². The molecule has 0 aromatic heterocycles. The molecule has 0 saturated carbocycles. The molecule has 5 nitrogen and oxygen atoms in total. The lowest BCUT2D eigenvalue weighted by Crippen LogP contribution is -2.36. The smallest absolute Gasteiger partial charge is 0.313 e. The number of carbonyl (C=O) groups is 2. The third kappa shape index (κ3) is 5.87. The highest BCUT2D eigenvalue weighted by Gasteiger charge is 2.13. The van der Waals surface area contributed by atoms with E-state index in [0.717, 1.165) is 9.13 Å². The van der Waals surface area contributed by atoms with Crippen LogP contribution in [0.2, 0.25) is 0 Å². The highest BCUT2D eigenvalue weighted by Crippen LogP contribution is 2.17. The third-order valence-electron chi connectivity index (χ3n) is 2.60. The number of amides is 2. The molecule has 1 rings (SSSR count). The van der Waals surface area contributed by atoms with Gasteiger partial charge in [0.05, 0.1) is 0 Å². The lowest BCUT2D eigenvalue weighted by atomic mass is 10.2. The van der Waals surface area contributed by atoms with Crippen molar-refractivity contribution in [2.24, 2.45) is 0 Å². The van der Waals surface area contributed by atoms with Crippen LogP contribution >= 0.6 is 22.6 Å². The Bertz CT molecular complexity index is 477. The SMILES string of the molecule is CCOCCCNC(=O)C(=O)Nc1ccc(I)cc1C. The largest absolute Gasteiger partial charge is 0.382 e. The van der Waals surface area contributed by atoms with E-state index in [1.807, 2.05) is 26.0 Å². The van der Waals surface area contributed by atoms with Crippen molar-refractivity contribution in [2.45, 2.75) is 20.3 Å². The Morgan fingerprint density at radius 3 is 2.70 bits per heavy atom. The average molecular weight is 390 g/mol. The molecule has 20 heavy (non-hydrogen) atoms. The lowest BCUT2D eigenvalue weighted by Gasteiger charge is -2.09. The zero-order chi connectivity index (χ0) is 15.0. The van der Waals surface area contributed by atoms with Crippen molar-refractivity contribution in [2.75, 3.05) is 25.1 Å². The summed E-state index contributed by atoms with van der Waals surface area (Å²) in [6.07, 6.45) is 0.690. The molecule has 0 fully saturated rings. The molecule has 0 saturated heterocycles. The summed E-state index contributed by atoms with van der Waals surface area (Å²) in [6.45, 7) is 5.46. The first-order valence-corrected chi connectivity index (χ1v) is 7.55. The van der Waals surface area contributed by atoms with Crippen LogP contribution in [0.25, 0.3) is 0 Å². The molecule has 0 aliphatic carbocycles. The van der Waals surface area contributed by atoms with Crippen molar-refractivity contribution in [1.82, 2.24) is 5.32 Å². The van der Waals surface area contributed by atoms with E-state index in [1.54, 1.807) is 6.07 Å². The van der Waals surface area contributed by atoms with Gasteiger partial charge in [0.25, 0.3) is 0 Å². The molecule has 0 bridgehead atoms. The fraction of sp³-hybridized carbons (Fsp3) is 0.429. The van der Waals surface area contributed by atoms with Crippen molar-refractivity contribution < 1.29 is 14.3 Å². The normalized spacial score (nSPS) is 10.2. The van der Waals surface area contributed by atoms with Gasteiger partial charge < -0.3 is 15.4 Å². The van der Waals surface area contributed by atoms with Gasteiger partial charge in [0.15, 0.2) is 0 Å². The minimum atomic E-state index is -0.647. The summed E-state index contributed by atoms with van der Waals surface area (Å²) in [4.78, 5) is 23.3. The number of hydrogen-bond acceptors (Lipinski definition) is 3. The maximum absolute atomic E-state index is 11.7. The van der Waals surface area contributed by atoms with Crippen LogP contribution in [0.5, 0.6) is 0 Å². The summed E-state index contributed by atoms with van der Waals surface area (Å²) >= 11 is 2.19. The Balaban J connectivity index is 2.39. The summed E-state index contributed by atoms with van der Waals surface area (Å²) in [5.41, 5.74) is 1.58. The molecule has 0 atom stereocenters. The Morgan fingerprint density at radius 2 is 2.05 bits per heavy atom. The maximum Gasteiger partial charge on any atom is 0.313 e. The number of ether oxygens (including phenoxy) is 1. The van der Waals surface area contributed by atoms with Crippen molar-refractivity contribution in [3.8, 4) is 0 Å². The third-order valence-corrected chi connectivity index (χ3v) is 3.27. The van der Waals surface area contributed by atoms with Crippen LogP contribution in [-0.2, 0) is 14.3 Å². The highest BCUT2D eigenvalue weighted by atomic mass is 127. The molecule has 0 heterocycles. The minimum absolute atomic E-state index is 0.428. The van der Waals surface area contributed by atoms with Gasteiger partial charge in [-0.05, 0) is 66.6 Å². The van der Waals surface area contributed by atoms with E-state index < -0.39 is 11.8 Å². The summed E-state index contributed by atoms with van der Waals surface area (Å²) in [5.74, 6) is -1.27. The Morgan fingerprint density at radius 1 is 1.30 bits per heavy atom. The van der Waals surface area contributed by atoms with Gasteiger partial charge in [0.1, 0.15) is 0 Å². The molecular weight excluding hydrogens is 371 g/mol. The predicted octanol–water partition coefficient (Wildman–Crippen LogP) is 2.08. The van der Waals surface area contributed by atoms with E-state index in [9.17, 15) is 9.59 Å². The number of halogens is 1. The van der Waals surface area contributed by atoms with Crippen LogP contribution in [0.3, 0.4) is 0 Å². The van der Waals surface area contributed by atoms with Crippen LogP contribution in [-0.4, -0.2) is 31.6 Å².